The molecule has 0 N–H and O–H groups in total. The minimum Gasteiger partial charge on any atom is -0.459 e. The molecule has 0 amide bonds. The lowest BCUT2D eigenvalue weighted by molar-refractivity contribution is -0.145. The van der Waals surface area contributed by atoms with Crippen LogP contribution >= 0.6 is 0 Å². The van der Waals surface area contributed by atoms with Crippen molar-refractivity contribution in [3.8, 4) is 0 Å². The number of hydrogen-bond acceptors (Lipinski definition) is 2. The minimum atomic E-state index is -0.173. The SMILES string of the molecule is C=C(CC(CC)CCCC)C(=O)OC(CC)CCCCC. The van der Waals surface area contributed by atoms with Gasteiger partial charge in [-0.3, -0.25) is 0 Å². The third-order valence-electron chi connectivity index (χ3n) is 4.23. The molecule has 0 bridgehead atoms. The van der Waals surface area contributed by atoms with Crippen molar-refractivity contribution in [2.24, 2.45) is 5.92 Å². The van der Waals surface area contributed by atoms with Crippen LogP contribution in [0.15, 0.2) is 12.2 Å². The summed E-state index contributed by atoms with van der Waals surface area (Å²) in [7, 11) is 0. The monoisotopic (exact) mass is 296 g/mol. The third-order valence-corrected chi connectivity index (χ3v) is 4.23. The molecule has 0 aromatic rings. The number of esters is 1. The van der Waals surface area contributed by atoms with Crippen LogP contribution in [0.1, 0.15) is 91.9 Å². The molecule has 0 aliphatic heterocycles. The van der Waals surface area contributed by atoms with Crippen LogP contribution in [-0.2, 0) is 9.53 Å². The van der Waals surface area contributed by atoms with Gasteiger partial charge < -0.3 is 4.74 Å². The molecule has 2 nitrogen and oxygen atoms in total. The van der Waals surface area contributed by atoms with Crippen molar-refractivity contribution in [1.29, 1.82) is 0 Å². The van der Waals surface area contributed by atoms with Crippen LogP contribution in [0.2, 0.25) is 0 Å². The number of carbonyl (C=O) groups is 1. The van der Waals surface area contributed by atoms with Crippen molar-refractivity contribution < 1.29 is 9.53 Å². The lowest BCUT2D eigenvalue weighted by Crippen LogP contribution is -2.19. The molecule has 21 heavy (non-hydrogen) atoms. The predicted molar refractivity (Wildman–Crippen MR) is 91.4 cm³/mol. The molecule has 0 fully saturated rings. The molecule has 0 aromatic heterocycles. The Morgan fingerprint density at radius 1 is 0.952 bits per heavy atom. The maximum atomic E-state index is 12.1. The Hall–Kier alpha value is -0.790. The van der Waals surface area contributed by atoms with E-state index in [1.165, 1.54) is 32.1 Å². The summed E-state index contributed by atoms with van der Waals surface area (Å²) >= 11 is 0. The predicted octanol–water partition coefficient (Wildman–Crippen LogP) is 6.05. The number of rotatable bonds is 13. The molecule has 0 rings (SSSR count). The zero-order valence-electron chi connectivity index (χ0n) is 14.7. The number of ether oxygens (including phenoxy) is 1. The van der Waals surface area contributed by atoms with E-state index in [0.29, 0.717) is 11.5 Å². The largest absolute Gasteiger partial charge is 0.459 e. The van der Waals surface area contributed by atoms with E-state index in [2.05, 4.69) is 34.3 Å². The summed E-state index contributed by atoms with van der Waals surface area (Å²) in [6.07, 6.45) is 11.0. The Morgan fingerprint density at radius 3 is 2.14 bits per heavy atom. The van der Waals surface area contributed by atoms with Crippen molar-refractivity contribution in [3.05, 3.63) is 12.2 Å². The second-order valence-corrected chi connectivity index (χ2v) is 6.16. The lowest BCUT2D eigenvalue weighted by Gasteiger charge is -2.19. The fraction of sp³-hybridized carbons (Fsp3) is 0.842. The smallest absolute Gasteiger partial charge is 0.333 e. The molecule has 2 atom stereocenters. The quantitative estimate of drug-likeness (QED) is 0.235. The summed E-state index contributed by atoms with van der Waals surface area (Å²) in [6.45, 7) is 12.6. The average Bonchev–Trinajstić information content (AvgIpc) is 2.49. The Bertz CT molecular complexity index is 283. The summed E-state index contributed by atoms with van der Waals surface area (Å²) < 4.78 is 5.62. The van der Waals surface area contributed by atoms with Crippen LogP contribution in [0.4, 0.5) is 0 Å². The molecule has 0 aliphatic rings. The minimum absolute atomic E-state index is 0.0662. The standard InChI is InChI=1S/C19H36O2/c1-6-10-12-14-18(9-4)21-19(20)16(5)15-17(8-3)13-11-7-2/h17-18H,5-15H2,1-4H3. The highest BCUT2D eigenvalue weighted by Crippen LogP contribution is 2.22. The van der Waals surface area contributed by atoms with E-state index in [0.717, 1.165) is 32.1 Å². The number of carbonyl (C=O) groups excluding carboxylic acids is 1. The van der Waals surface area contributed by atoms with Crippen molar-refractivity contribution in [1.82, 2.24) is 0 Å². The first-order valence-electron chi connectivity index (χ1n) is 8.97. The molecule has 124 valence electrons. The van der Waals surface area contributed by atoms with Gasteiger partial charge >= 0.3 is 5.97 Å². The van der Waals surface area contributed by atoms with Gasteiger partial charge in [0.25, 0.3) is 0 Å². The Balaban J connectivity index is 4.19. The summed E-state index contributed by atoms with van der Waals surface area (Å²) in [4.78, 5) is 12.1. The Morgan fingerprint density at radius 2 is 1.62 bits per heavy atom. The van der Waals surface area contributed by atoms with Gasteiger partial charge in [0.1, 0.15) is 6.10 Å². The van der Waals surface area contributed by atoms with Gasteiger partial charge in [-0.1, -0.05) is 72.8 Å². The van der Waals surface area contributed by atoms with Gasteiger partial charge in [0.15, 0.2) is 0 Å². The molecular weight excluding hydrogens is 260 g/mol. The molecule has 0 spiro atoms. The van der Waals surface area contributed by atoms with E-state index >= 15 is 0 Å². The first kappa shape index (κ1) is 20.2. The molecule has 0 saturated carbocycles. The molecule has 0 saturated heterocycles. The van der Waals surface area contributed by atoms with Gasteiger partial charge in [-0.2, -0.15) is 0 Å². The third kappa shape index (κ3) is 9.71. The highest BCUT2D eigenvalue weighted by atomic mass is 16.5. The van der Waals surface area contributed by atoms with Gasteiger partial charge in [0.2, 0.25) is 0 Å². The molecule has 0 aliphatic carbocycles. The van der Waals surface area contributed by atoms with Crippen molar-refractivity contribution in [2.45, 2.75) is 98.0 Å². The van der Waals surface area contributed by atoms with Gasteiger partial charge in [-0.05, 0) is 31.6 Å². The van der Waals surface area contributed by atoms with E-state index < -0.39 is 0 Å². The van der Waals surface area contributed by atoms with E-state index in [9.17, 15) is 4.79 Å². The van der Waals surface area contributed by atoms with Crippen LogP contribution in [0.3, 0.4) is 0 Å². The van der Waals surface area contributed by atoms with Crippen molar-refractivity contribution >= 4 is 5.97 Å². The van der Waals surface area contributed by atoms with E-state index in [4.69, 9.17) is 4.74 Å². The van der Waals surface area contributed by atoms with Crippen molar-refractivity contribution in [2.75, 3.05) is 0 Å². The van der Waals surface area contributed by atoms with Gasteiger partial charge in [0, 0.05) is 5.57 Å². The topological polar surface area (TPSA) is 26.3 Å². The Kier molecular flexibility index (Phi) is 12.4. The zero-order chi connectivity index (χ0) is 16.1. The molecule has 0 aromatic carbocycles. The summed E-state index contributed by atoms with van der Waals surface area (Å²) in [5, 5.41) is 0. The highest BCUT2D eigenvalue weighted by Gasteiger charge is 2.18. The van der Waals surface area contributed by atoms with Crippen LogP contribution in [-0.4, -0.2) is 12.1 Å². The van der Waals surface area contributed by atoms with Crippen molar-refractivity contribution in [3.63, 3.8) is 0 Å². The highest BCUT2D eigenvalue weighted by molar-refractivity contribution is 5.87. The van der Waals surface area contributed by atoms with E-state index in [1.54, 1.807) is 0 Å². The maximum Gasteiger partial charge on any atom is 0.333 e. The fourth-order valence-corrected chi connectivity index (χ4v) is 2.58. The van der Waals surface area contributed by atoms with Gasteiger partial charge in [-0.15, -0.1) is 0 Å². The second-order valence-electron chi connectivity index (χ2n) is 6.16. The van der Waals surface area contributed by atoms with E-state index in [-0.39, 0.29) is 12.1 Å². The Labute approximate surface area is 132 Å². The molecule has 2 heteroatoms. The number of unbranched alkanes of at least 4 members (excludes halogenated alkanes) is 3. The first-order chi connectivity index (χ1) is 10.1. The van der Waals surface area contributed by atoms with Crippen LogP contribution in [0.25, 0.3) is 0 Å². The molecule has 0 radical (unpaired) electrons. The molecule has 0 heterocycles. The molecule has 2 unspecified atom stereocenters. The number of hydrogen-bond donors (Lipinski definition) is 0. The summed E-state index contributed by atoms with van der Waals surface area (Å²) in [5.74, 6) is 0.401. The summed E-state index contributed by atoms with van der Waals surface area (Å²) in [5.41, 5.74) is 0.659. The maximum absolute atomic E-state index is 12.1. The van der Waals surface area contributed by atoms with Crippen LogP contribution in [0, 0.1) is 5.92 Å². The van der Waals surface area contributed by atoms with Gasteiger partial charge in [0.05, 0.1) is 0 Å². The first-order valence-corrected chi connectivity index (χ1v) is 8.97. The lowest BCUT2D eigenvalue weighted by atomic mass is 9.92. The normalized spacial score (nSPS) is 13.7. The fourth-order valence-electron chi connectivity index (χ4n) is 2.58. The van der Waals surface area contributed by atoms with Crippen LogP contribution < -0.4 is 0 Å². The zero-order valence-corrected chi connectivity index (χ0v) is 14.7. The molecular formula is C19H36O2. The van der Waals surface area contributed by atoms with Gasteiger partial charge in [-0.25, -0.2) is 4.79 Å². The summed E-state index contributed by atoms with van der Waals surface area (Å²) in [6, 6.07) is 0. The van der Waals surface area contributed by atoms with Crippen LogP contribution in [0.5, 0.6) is 0 Å². The second kappa shape index (κ2) is 12.9. The average molecular weight is 296 g/mol. The van der Waals surface area contributed by atoms with E-state index in [1.807, 2.05) is 0 Å².